The van der Waals surface area contributed by atoms with E-state index in [1.807, 2.05) is 0 Å². The van der Waals surface area contributed by atoms with Crippen LogP contribution < -0.4 is 10.9 Å². The van der Waals surface area contributed by atoms with E-state index in [0.717, 1.165) is 19.4 Å². The maximum atomic E-state index is 11.3. The van der Waals surface area contributed by atoms with E-state index < -0.39 is 0 Å². The highest BCUT2D eigenvalue weighted by molar-refractivity contribution is 14.0. The molecule has 0 aromatic heterocycles. The number of carbonyl (C=O) groups excluding carboxylic acids is 1. The molecule has 3 nitrogen and oxygen atoms in total. The van der Waals surface area contributed by atoms with Gasteiger partial charge in [0.2, 0.25) is 5.91 Å². The summed E-state index contributed by atoms with van der Waals surface area (Å²) in [4.78, 5) is 11.3. The Kier molecular flexibility index (Phi) is 19.5. The lowest BCUT2D eigenvalue weighted by atomic mass is 10.1. The molecule has 0 saturated heterocycles. The predicted octanol–water partition coefficient (Wildman–Crippen LogP) is 4.17. The topological polar surface area (TPSA) is 41.1 Å². The number of carbonyl (C=O) groups is 1. The normalized spacial score (nSPS) is 9.89. The van der Waals surface area contributed by atoms with Gasteiger partial charge in [0, 0.05) is 13.0 Å². The van der Waals surface area contributed by atoms with E-state index in [9.17, 15) is 4.79 Å². The van der Waals surface area contributed by atoms with Crippen molar-refractivity contribution in [1.82, 2.24) is 10.9 Å². The summed E-state index contributed by atoms with van der Waals surface area (Å²) in [6, 6.07) is 0. The monoisotopic (exact) mass is 370 g/mol. The lowest BCUT2D eigenvalue weighted by Gasteiger charge is -2.05. The fourth-order valence-electron chi connectivity index (χ4n) is 1.77. The zero-order chi connectivity index (χ0) is 12.8. The second-order valence-electron chi connectivity index (χ2n) is 4.70. The van der Waals surface area contributed by atoms with Crippen molar-refractivity contribution in [2.75, 3.05) is 6.54 Å². The van der Waals surface area contributed by atoms with Gasteiger partial charge in [-0.1, -0.05) is 58.8 Å². The number of hydrogen-bond donors (Lipinski definition) is 2. The van der Waals surface area contributed by atoms with Gasteiger partial charge in [-0.05, 0) is 12.8 Å². The summed E-state index contributed by atoms with van der Waals surface area (Å²) in [5.74, 6) is 0.129. The molecule has 0 atom stereocenters. The number of rotatable bonds is 12. The molecule has 0 fully saturated rings. The van der Waals surface area contributed by atoms with E-state index in [0.29, 0.717) is 6.42 Å². The number of halogens is 1. The van der Waals surface area contributed by atoms with Crippen molar-refractivity contribution in [2.45, 2.75) is 78.1 Å². The minimum atomic E-state index is 0. The van der Waals surface area contributed by atoms with Crippen LogP contribution in [0, 0.1) is 0 Å². The lowest BCUT2D eigenvalue weighted by Crippen LogP contribution is -2.37. The van der Waals surface area contributed by atoms with Crippen molar-refractivity contribution in [3.63, 3.8) is 0 Å². The molecule has 2 N–H and O–H groups in total. The third-order valence-electron chi connectivity index (χ3n) is 2.86. The van der Waals surface area contributed by atoms with Crippen molar-refractivity contribution in [2.24, 2.45) is 0 Å². The van der Waals surface area contributed by atoms with Crippen LogP contribution >= 0.6 is 24.0 Å². The second-order valence-corrected chi connectivity index (χ2v) is 4.70. The smallest absolute Gasteiger partial charge is 0.234 e. The molecule has 0 aromatic carbocycles. The molecule has 0 aliphatic carbocycles. The largest absolute Gasteiger partial charge is 0.292 e. The van der Waals surface area contributed by atoms with Gasteiger partial charge in [0.1, 0.15) is 0 Å². The van der Waals surface area contributed by atoms with Crippen LogP contribution in [-0.4, -0.2) is 12.5 Å². The Hall–Kier alpha value is 0.160. The Morgan fingerprint density at radius 2 is 1.39 bits per heavy atom. The van der Waals surface area contributed by atoms with Crippen molar-refractivity contribution in [3.05, 3.63) is 0 Å². The van der Waals surface area contributed by atoms with E-state index in [-0.39, 0.29) is 29.9 Å². The van der Waals surface area contributed by atoms with Crippen LogP contribution in [0.3, 0.4) is 0 Å². The second kappa shape index (κ2) is 17.2. The molecule has 4 heteroatoms. The summed E-state index contributed by atoms with van der Waals surface area (Å²) in [6.07, 6.45) is 11.9. The molecule has 0 aliphatic heterocycles. The highest BCUT2D eigenvalue weighted by Gasteiger charge is 1.99. The van der Waals surface area contributed by atoms with Gasteiger partial charge in [0.25, 0.3) is 0 Å². The summed E-state index contributed by atoms with van der Waals surface area (Å²) in [7, 11) is 0. The molecule has 0 radical (unpaired) electrons. The molecule has 0 spiro atoms. The molecular formula is C14H31IN2O. The maximum absolute atomic E-state index is 11.3. The molecule has 0 bridgehead atoms. The zero-order valence-electron chi connectivity index (χ0n) is 12.1. The van der Waals surface area contributed by atoms with Gasteiger partial charge in [-0.25, -0.2) is 5.43 Å². The minimum Gasteiger partial charge on any atom is -0.292 e. The highest BCUT2D eigenvalue weighted by Crippen LogP contribution is 2.09. The standard InChI is InChI=1S/C14H30N2O.HI/c1-3-5-6-7-8-9-10-11-12-14(17)16-15-13-4-2;/h15H,3-13H2,1-2H3,(H,16,17);1H. The molecular weight excluding hydrogens is 339 g/mol. The average Bonchev–Trinajstić information content (AvgIpc) is 2.33. The quantitative estimate of drug-likeness (QED) is 0.308. The summed E-state index contributed by atoms with van der Waals surface area (Å²) < 4.78 is 0. The maximum Gasteiger partial charge on any atom is 0.234 e. The fraction of sp³-hybridized carbons (Fsp3) is 0.929. The number of amides is 1. The molecule has 1 amide bonds. The van der Waals surface area contributed by atoms with Crippen molar-refractivity contribution in [1.29, 1.82) is 0 Å². The molecule has 110 valence electrons. The molecule has 0 unspecified atom stereocenters. The first-order chi connectivity index (χ1) is 8.31. The van der Waals surface area contributed by atoms with Crippen molar-refractivity contribution >= 4 is 29.9 Å². The summed E-state index contributed by atoms with van der Waals surface area (Å²) in [5, 5.41) is 0. The Balaban J connectivity index is 0. The molecule has 0 saturated carbocycles. The fourth-order valence-corrected chi connectivity index (χ4v) is 1.77. The average molecular weight is 370 g/mol. The SMILES string of the molecule is CCCCCCCCCCC(=O)NNCCC.I. The summed E-state index contributed by atoms with van der Waals surface area (Å²) in [6.45, 7) is 5.17. The molecule has 0 aliphatic rings. The third-order valence-corrected chi connectivity index (χ3v) is 2.86. The zero-order valence-corrected chi connectivity index (χ0v) is 14.4. The first kappa shape index (κ1) is 20.5. The van der Waals surface area contributed by atoms with Crippen LogP contribution in [0.15, 0.2) is 0 Å². The van der Waals surface area contributed by atoms with Gasteiger partial charge in [-0.2, -0.15) is 0 Å². The minimum absolute atomic E-state index is 0. The third kappa shape index (κ3) is 16.2. The van der Waals surface area contributed by atoms with E-state index in [1.165, 1.54) is 44.9 Å². The van der Waals surface area contributed by atoms with Gasteiger partial charge in [0.15, 0.2) is 0 Å². The Bertz CT molecular complexity index is 177. The highest BCUT2D eigenvalue weighted by atomic mass is 127. The summed E-state index contributed by atoms with van der Waals surface area (Å²) >= 11 is 0. The van der Waals surface area contributed by atoms with Gasteiger partial charge >= 0.3 is 0 Å². The van der Waals surface area contributed by atoms with Crippen LogP contribution in [0.25, 0.3) is 0 Å². The Labute approximate surface area is 130 Å². The van der Waals surface area contributed by atoms with Gasteiger partial charge in [0.05, 0.1) is 0 Å². The summed E-state index contributed by atoms with van der Waals surface area (Å²) in [5.41, 5.74) is 5.62. The van der Waals surface area contributed by atoms with E-state index in [2.05, 4.69) is 24.7 Å². The Morgan fingerprint density at radius 1 is 0.833 bits per heavy atom. The van der Waals surface area contributed by atoms with Crippen molar-refractivity contribution < 1.29 is 4.79 Å². The molecule has 18 heavy (non-hydrogen) atoms. The van der Waals surface area contributed by atoms with Crippen LogP contribution in [0.1, 0.15) is 78.1 Å². The lowest BCUT2D eigenvalue weighted by molar-refractivity contribution is -0.122. The predicted molar refractivity (Wildman–Crippen MR) is 89.1 cm³/mol. The van der Waals surface area contributed by atoms with Crippen LogP contribution in [0.4, 0.5) is 0 Å². The van der Waals surface area contributed by atoms with E-state index >= 15 is 0 Å². The van der Waals surface area contributed by atoms with Crippen LogP contribution in [0.5, 0.6) is 0 Å². The number of hydrogen-bond acceptors (Lipinski definition) is 2. The number of hydrazine groups is 1. The van der Waals surface area contributed by atoms with Crippen LogP contribution in [0.2, 0.25) is 0 Å². The number of unbranched alkanes of at least 4 members (excludes halogenated alkanes) is 7. The van der Waals surface area contributed by atoms with Gasteiger partial charge in [-0.3, -0.25) is 10.2 Å². The first-order valence-electron chi connectivity index (χ1n) is 7.33. The van der Waals surface area contributed by atoms with E-state index in [4.69, 9.17) is 0 Å². The van der Waals surface area contributed by atoms with Gasteiger partial charge in [-0.15, -0.1) is 24.0 Å². The molecule has 0 rings (SSSR count). The number of nitrogens with one attached hydrogen (secondary N) is 2. The van der Waals surface area contributed by atoms with E-state index in [1.54, 1.807) is 0 Å². The van der Waals surface area contributed by atoms with Gasteiger partial charge < -0.3 is 0 Å². The first-order valence-corrected chi connectivity index (χ1v) is 7.33. The molecule has 0 heterocycles. The Morgan fingerprint density at radius 3 is 1.94 bits per heavy atom. The van der Waals surface area contributed by atoms with Crippen molar-refractivity contribution in [3.8, 4) is 0 Å². The molecule has 0 aromatic rings. The van der Waals surface area contributed by atoms with Crippen LogP contribution in [-0.2, 0) is 4.79 Å².